The van der Waals surface area contributed by atoms with E-state index < -0.39 is 11.9 Å². The minimum atomic E-state index is -1.18. The summed E-state index contributed by atoms with van der Waals surface area (Å²) in [6.07, 6.45) is 2.76. The van der Waals surface area contributed by atoms with Crippen LogP contribution in [0.1, 0.15) is 12.0 Å². The molecule has 98 valence electrons. The van der Waals surface area contributed by atoms with Crippen molar-refractivity contribution in [2.24, 2.45) is 0 Å². The molecule has 6 heteroatoms. The Balaban J connectivity index is 2.08. The molecular formula is C13H12N2O4. The molecule has 0 unspecified atom stereocenters. The summed E-state index contributed by atoms with van der Waals surface area (Å²) in [5.74, 6) is -1.71. The quantitative estimate of drug-likeness (QED) is 0.710. The molecule has 19 heavy (non-hydrogen) atoms. The third-order valence-electron chi connectivity index (χ3n) is 2.65. The average molecular weight is 260 g/mol. The van der Waals surface area contributed by atoms with Crippen LogP contribution in [-0.4, -0.2) is 22.9 Å². The number of carbonyl (C=O) groups excluding carboxylic acids is 2. The lowest BCUT2D eigenvalue weighted by Gasteiger charge is -2.17. The molecule has 3 N–H and O–H groups in total. The van der Waals surface area contributed by atoms with Crippen molar-refractivity contribution in [2.45, 2.75) is 12.8 Å². The first-order valence-electron chi connectivity index (χ1n) is 5.69. The highest BCUT2D eigenvalue weighted by molar-refractivity contribution is 6.02. The van der Waals surface area contributed by atoms with Crippen LogP contribution in [0.5, 0.6) is 0 Å². The first kappa shape index (κ1) is 12.8. The van der Waals surface area contributed by atoms with E-state index in [-0.39, 0.29) is 5.91 Å². The number of hydrogen-bond donors (Lipinski definition) is 3. The minimum Gasteiger partial charge on any atom is -0.478 e. The fourth-order valence-corrected chi connectivity index (χ4v) is 1.79. The smallest absolute Gasteiger partial charge is 0.328 e. The SMILES string of the molecule is O=C(O)/C=C/C(=O)Nc1ccc2c(c1)CCC(=O)N2. The normalized spacial score (nSPS) is 13.8. The Bertz CT molecular complexity index is 578. The summed E-state index contributed by atoms with van der Waals surface area (Å²) in [7, 11) is 0. The third-order valence-corrected chi connectivity index (χ3v) is 2.65. The average Bonchev–Trinajstić information content (AvgIpc) is 2.36. The van der Waals surface area contributed by atoms with E-state index >= 15 is 0 Å². The van der Waals surface area contributed by atoms with E-state index in [9.17, 15) is 14.4 Å². The fraction of sp³-hybridized carbons (Fsp3) is 0.154. The lowest BCUT2D eigenvalue weighted by atomic mass is 10.0. The largest absolute Gasteiger partial charge is 0.478 e. The molecule has 1 aromatic rings. The van der Waals surface area contributed by atoms with Crippen molar-refractivity contribution < 1.29 is 19.5 Å². The summed E-state index contributed by atoms with van der Waals surface area (Å²) >= 11 is 0. The van der Waals surface area contributed by atoms with Crippen molar-refractivity contribution in [3.63, 3.8) is 0 Å². The van der Waals surface area contributed by atoms with Crippen LogP contribution in [0.25, 0.3) is 0 Å². The second-order valence-corrected chi connectivity index (χ2v) is 4.08. The maximum absolute atomic E-state index is 11.4. The van der Waals surface area contributed by atoms with Gasteiger partial charge in [-0.1, -0.05) is 0 Å². The zero-order chi connectivity index (χ0) is 13.8. The number of carbonyl (C=O) groups is 3. The molecule has 0 saturated carbocycles. The summed E-state index contributed by atoms with van der Waals surface area (Å²) in [6, 6.07) is 5.13. The van der Waals surface area contributed by atoms with E-state index in [0.29, 0.717) is 18.5 Å². The second kappa shape index (κ2) is 5.34. The van der Waals surface area contributed by atoms with Gasteiger partial charge in [0.1, 0.15) is 0 Å². The molecule has 1 aliphatic heterocycles. The van der Waals surface area contributed by atoms with Crippen LogP contribution in [0.2, 0.25) is 0 Å². The Morgan fingerprint density at radius 1 is 1.26 bits per heavy atom. The molecule has 0 radical (unpaired) electrons. The minimum absolute atomic E-state index is 0.0197. The van der Waals surface area contributed by atoms with Crippen LogP contribution < -0.4 is 10.6 Å². The number of benzene rings is 1. The van der Waals surface area contributed by atoms with Gasteiger partial charge in [0.25, 0.3) is 0 Å². The molecule has 0 aliphatic carbocycles. The number of fused-ring (bicyclic) bond motifs is 1. The van der Waals surface area contributed by atoms with E-state index in [4.69, 9.17) is 5.11 Å². The van der Waals surface area contributed by atoms with Gasteiger partial charge in [-0.25, -0.2) is 4.79 Å². The van der Waals surface area contributed by atoms with Crippen LogP contribution in [0.15, 0.2) is 30.4 Å². The first-order valence-corrected chi connectivity index (χ1v) is 5.69. The molecule has 2 amide bonds. The highest BCUT2D eigenvalue weighted by Gasteiger charge is 2.14. The number of aryl methyl sites for hydroxylation is 1. The van der Waals surface area contributed by atoms with E-state index in [0.717, 1.165) is 23.4 Å². The second-order valence-electron chi connectivity index (χ2n) is 4.08. The Kier molecular flexibility index (Phi) is 3.61. The van der Waals surface area contributed by atoms with Crippen molar-refractivity contribution in [1.82, 2.24) is 0 Å². The highest BCUT2D eigenvalue weighted by atomic mass is 16.4. The summed E-state index contributed by atoms with van der Waals surface area (Å²) in [4.78, 5) is 32.9. The molecule has 1 heterocycles. The fourth-order valence-electron chi connectivity index (χ4n) is 1.79. The van der Waals surface area contributed by atoms with Gasteiger partial charge in [-0.3, -0.25) is 9.59 Å². The van der Waals surface area contributed by atoms with Crippen molar-refractivity contribution in [1.29, 1.82) is 0 Å². The summed E-state index contributed by atoms with van der Waals surface area (Å²) in [5.41, 5.74) is 2.25. The van der Waals surface area contributed by atoms with Crippen LogP contribution >= 0.6 is 0 Å². The van der Waals surface area contributed by atoms with Crippen LogP contribution in [0.3, 0.4) is 0 Å². The van der Waals surface area contributed by atoms with E-state index in [1.165, 1.54) is 0 Å². The molecule has 0 spiro atoms. The van der Waals surface area contributed by atoms with Gasteiger partial charge in [-0.15, -0.1) is 0 Å². The molecule has 2 rings (SSSR count). The summed E-state index contributed by atoms with van der Waals surface area (Å²) < 4.78 is 0. The van der Waals surface area contributed by atoms with Crippen LogP contribution in [0, 0.1) is 0 Å². The Morgan fingerprint density at radius 2 is 2.05 bits per heavy atom. The van der Waals surface area contributed by atoms with Gasteiger partial charge in [0.15, 0.2) is 0 Å². The molecule has 0 bridgehead atoms. The predicted octanol–water partition coefficient (Wildman–Crippen LogP) is 1.15. The zero-order valence-corrected chi connectivity index (χ0v) is 9.97. The molecule has 0 saturated heterocycles. The third kappa shape index (κ3) is 3.41. The maximum Gasteiger partial charge on any atom is 0.328 e. The lowest BCUT2D eigenvalue weighted by Crippen LogP contribution is -2.19. The van der Waals surface area contributed by atoms with Gasteiger partial charge >= 0.3 is 5.97 Å². The van der Waals surface area contributed by atoms with Gasteiger partial charge in [0.05, 0.1) is 0 Å². The lowest BCUT2D eigenvalue weighted by molar-refractivity contribution is -0.131. The predicted molar refractivity (Wildman–Crippen MR) is 68.8 cm³/mol. The molecule has 1 aromatic carbocycles. The van der Waals surface area contributed by atoms with Crippen LogP contribution in [-0.2, 0) is 20.8 Å². The molecule has 0 fully saturated rings. The van der Waals surface area contributed by atoms with Gasteiger partial charge < -0.3 is 15.7 Å². The summed E-state index contributed by atoms with van der Waals surface area (Å²) in [5, 5.41) is 13.7. The number of nitrogens with one attached hydrogen (secondary N) is 2. The Labute approximate surface area is 109 Å². The van der Waals surface area contributed by atoms with Gasteiger partial charge in [0.2, 0.25) is 11.8 Å². The zero-order valence-electron chi connectivity index (χ0n) is 9.97. The van der Waals surface area contributed by atoms with Crippen LogP contribution in [0.4, 0.5) is 11.4 Å². The molecule has 1 aliphatic rings. The van der Waals surface area contributed by atoms with Gasteiger partial charge in [0, 0.05) is 29.9 Å². The van der Waals surface area contributed by atoms with Gasteiger partial charge in [-0.2, -0.15) is 0 Å². The number of amides is 2. The number of rotatable bonds is 3. The molecule has 0 atom stereocenters. The molecule has 6 nitrogen and oxygen atoms in total. The topological polar surface area (TPSA) is 95.5 Å². The van der Waals surface area contributed by atoms with E-state index in [2.05, 4.69) is 10.6 Å². The van der Waals surface area contributed by atoms with Crippen molar-refractivity contribution >= 4 is 29.2 Å². The Morgan fingerprint density at radius 3 is 2.79 bits per heavy atom. The molecule has 0 aromatic heterocycles. The van der Waals surface area contributed by atoms with E-state index in [1.54, 1.807) is 18.2 Å². The Hall–Kier alpha value is -2.63. The van der Waals surface area contributed by atoms with Crippen molar-refractivity contribution in [2.75, 3.05) is 10.6 Å². The number of anilines is 2. The number of carboxylic acid groups (broad SMARTS) is 1. The van der Waals surface area contributed by atoms with E-state index in [1.807, 2.05) is 0 Å². The number of carboxylic acids is 1. The van der Waals surface area contributed by atoms with Gasteiger partial charge in [-0.05, 0) is 30.2 Å². The first-order chi connectivity index (χ1) is 9.04. The maximum atomic E-state index is 11.4. The number of hydrogen-bond acceptors (Lipinski definition) is 3. The number of aliphatic carboxylic acids is 1. The summed E-state index contributed by atoms with van der Waals surface area (Å²) in [6.45, 7) is 0. The van der Waals surface area contributed by atoms with Crippen molar-refractivity contribution in [3.05, 3.63) is 35.9 Å². The molecular weight excluding hydrogens is 248 g/mol. The monoisotopic (exact) mass is 260 g/mol. The standard InChI is InChI=1S/C13H12N2O4/c16-11(5-6-13(18)19)14-9-2-3-10-8(7-9)1-4-12(17)15-10/h2-3,5-7H,1,4H2,(H,14,16)(H,15,17)(H,18,19)/b6-5+. The highest BCUT2D eigenvalue weighted by Crippen LogP contribution is 2.25. The van der Waals surface area contributed by atoms with Crippen molar-refractivity contribution in [3.8, 4) is 0 Å².